The Morgan fingerprint density at radius 1 is 1.16 bits per heavy atom. The molecule has 1 fully saturated rings. The molecule has 1 aliphatic heterocycles. The second-order valence-electron chi connectivity index (χ2n) is 7.18. The zero-order valence-electron chi connectivity index (χ0n) is 17.0. The molecule has 7 heteroatoms. The van der Waals surface area contributed by atoms with Crippen LogP contribution in [0.5, 0.6) is 5.75 Å². The zero-order valence-corrected chi connectivity index (χ0v) is 17.8. The van der Waals surface area contributed by atoms with Crippen LogP contribution in [0.1, 0.15) is 35.4 Å². The predicted octanol–water partition coefficient (Wildman–Crippen LogP) is 4.55. The molecule has 1 aromatic carbocycles. The van der Waals surface area contributed by atoms with Crippen molar-refractivity contribution in [1.82, 2.24) is 9.88 Å². The summed E-state index contributed by atoms with van der Waals surface area (Å²) in [5.74, 6) is -0.824. The molecule has 0 bridgehead atoms. The minimum absolute atomic E-state index is 0.0959. The van der Waals surface area contributed by atoms with E-state index in [0.717, 1.165) is 16.9 Å². The van der Waals surface area contributed by atoms with Gasteiger partial charge in [-0.15, -0.1) is 11.3 Å². The zero-order chi connectivity index (χ0) is 21.8. The molecule has 1 aliphatic rings. The van der Waals surface area contributed by atoms with Crippen molar-refractivity contribution in [1.29, 1.82) is 0 Å². The van der Waals surface area contributed by atoms with Crippen molar-refractivity contribution >= 4 is 28.8 Å². The Balaban J connectivity index is 1.74. The highest BCUT2D eigenvalue weighted by molar-refractivity contribution is 7.10. The first-order valence-electron chi connectivity index (χ1n) is 10.0. The molecular formula is C24H22N2O4S. The van der Waals surface area contributed by atoms with E-state index in [1.54, 1.807) is 42.7 Å². The number of ketones is 1. The van der Waals surface area contributed by atoms with Crippen LogP contribution < -0.4 is 4.74 Å². The van der Waals surface area contributed by atoms with Gasteiger partial charge in [0.15, 0.2) is 0 Å². The molecule has 2 aromatic heterocycles. The van der Waals surface area contributed by atoms with Crippen molar-refractivity contribution in [3.63, 3.8) is 0 Å². The Labute approximate surface area is 184 Å². The molecule has 1 N–H and O–H groups in total. The van der Waals surface area contributed by atoms with Gasteiger partial charge in [0.05, 0.1) is 18.2 Å². The van der Waals surface area contributed by atoms with Gasteiger partial charge in [0.1, 0.15) is 11.5 Å². The number of rotatable bonds is 7. The molecule has 0 spiro atoms. The maximum Gasteiger partial charge on any atom is 0.295 e. The van der Waals surface area contributed by atoms with Crippen LogP contribution >= 0.6 is 11.3 Å². The Hall–Kier alpha value is -3.45. The van der Waals surface area contributed by atoms with Crippen LogP contribution in [0.4, 0.5) is 0 Å². The van der Waals surface area contributed by atoms with E-state index in [1.807, 2.05) is 30.5 Å². The third kappa shape index (κ3) is 4.22. The fourth-order valence-electron chi connectivity index (χ4n) is 3.56. The number of aromatic nitrogens is 1. The Bertz CT molecular complexity index is 1090. The maximum absolute atomic E-state index is 13.0. The van der Waals surface area contributed by atoms with Gasteiger partial charge in [-0.25, -0.2) is 0 Å². The lowest BCUT2D eigenvalue weighted by Gasteiger charge is -2.24. The van der Waals surface area contributed by atoms with Crippen LogP contribution in [0.25, 0.3) is 5.76 Å². The van der Waals surface area contributed by atoms with Gasteiger partial charge in [0.2, 0.25) is 0 Å². The minimum atomic E-state index is -0.689. The second kappa shape index (κ2) is 9.14. The van der Waals surface area contributed by atoms with Crippen LogP contribution in [0.3, 0.4) is 0 Å². The molecule has 0 aliphatic carbocycles. The summed E-state index contributed by atoms with van der Waals surface area (Å²) >= 11 is 1.44. The third-order valence-electron chi connectivity index (χ3n) is 5.03. The molecule has 158 valence electrons. The van der Waals surface area contributed by atoms with E-state index in [2.05, 4.69) is 4.98 Å². The van der Waals surface area contributed by atoms with E-state index in [4.69, 9.17) is 4.74 Å². The van der Waals surface area contributed by atoms with Gasteiger partial charge in [-0.05, 0) is 53.8 Å². The molecule has 3 aromatic rings. The average molecular weight is 435 g/mol. The summed E-state index contributed by atoms with van der Waals surface area (Å²) in [6.45, 7) is 2.85. The smallest absolute Gasteiger partial charge is 0.295 e. The van der Waals surface area contributed by atoms with Crippen LogP contribution in [0.2, 0.25) is 0 Å². The van der Waals surface area contributed by atoms with E-state index >= 15 is 0 Å². The number of benzene rings is 1. The van der Waals surface area contributed by atoms with Gasteiger partial charge in [-0.3, -0.25) is 14.6 Å². The predicted molar refractivity (Wildman–Crippen MR) is 119 cm³/mol. The molecule has 0 radical (unpaired) electrons. The summed E-state index contributed by atoms with van der Waals surface area (Å²) in [7, 11) is 0. The summed E-state index contributed by atoms with van der Waals surface area (Å²) in [4.78, 5) is 32.3. The normalized spacial score (nSPS) is 17.8. The van der Waals surface area contributed by atoms with E-state index in [1.165, 1.54) is 16.2 Å². The van der Waals surface area contributed by atoms with Crippen molar-refractivity contribution in [3.8, 4) is 5.75 Å². The summed E-state index contributed by atoms with van der Waals surface area (Å²) in [6.07, 6.45) is 4.21. The molecule has 0 unspecified atom stereocenters. The third-order valence-corrected chi connectivity index (χ3v) is 5.95. The first-order valence-corrected chi connectivity index (χ1v) is 10.9. The lowest BCUT2D eigenvalue weighted by Crippen LogP contribution is -2.28. The van der Waals surface area contributed by atoms with Gasteiger partial charge in [0, 0.05) is 29.4 Å². The Morgan fingerprint density at radius 3 is 2.61 bits per heavy atom. The Kier molecular flexibility index (Phi) is 6.13. The Morgan fingerprint density at radius 2 is 1.97 bits per heavy atom. The van der Waals surface area contributed by atoms with E-state index in [-0.39, 0.29) is 17.9 Å². The van der Waals surface area contributed by atoms with Crippen molar-refractivity contribution in [2.24, 2.45) is 0 Å². The molecule has 1 atom stereocenters. The number of nitrogens with zero attached hydrogens (tertiary/aromatic N) is 2. The van der Waals surface area contributed by atoms with Crippen molar-refractivity contribution in [2.75, 3.05) is 6.61 Å². The average Bonchev–Trinajstić information content (AvgIpc) is 3.41. The first-order chi connectivity index (χ1) is 15.1. The monoisotopic (exact) mass is 434 g/mol. The van der Waals surface area contributed by atoms with Crippen molar-refractivity contribution in [2.45, 2.75) is 25.9 Å². The summed E-state index contributed by atoms with van der Waals surface area (Å²) in [5, 5.41) is 12.9. The van der Waals surface area contributed by atoms with E-state index < -0.39 is 17.7 Å². The van der Waals surface area contributed by atoms with Crippen LogP contribution in [0, 0.1) is 0 Å². The lowest BCUT2D eigenvalue weighted by atomic mass is 9.99. The van der Waals surface area contributed by atoms with Gasteiger partial charge >= 0.3 is 0 Å². The van der Waals surface area contributed by atoms with E-state index in [9.17, 15) is 14.7 Å². The number of Topliss-reactive ketones (excluding diaryl/α,β-unsaturated/α-hetero) is 1. The van der Waals surface area contributed by atoms with Crippen LogP contribution in [-0.2, 0) is 16.1 Å². The lowest BCUT2D eigenvalue weighted by molar-refractivity contribution is -0.140. The number of ether oxygens (including phenoxy) is 1. The molecule has 1 saturated heterocycles. The molecule has 31 heavy (non-hydrogen) atoms. The highest BCUT2D eigenvalue weighted by atomic mass is 32.1. The van der Waals surface area contributed by atoms with Gasteiger partial charge < -0.3 is 14.7 Å². The number of likely N-dealkylation sites (tertiary alicyclic amines) is 1. The summed E-state index contributed by atoms with van der Waals surface area (Å²) in [6, 6.07) is 13.6. The summed E-state index contributed by atoms with van der Waals surface area (Å²) < 4.78 is 5.59. The molecule has 3 heterocycles. The number of thiophene rings is 1. The van der Waals surface area contributed by atoms with Gasteiger partial charge in [0.25, 0.3) is 11.7 Å². The summed E-state index contributed by atoms with van der Waals surface area (Å²) in [5.41, 5.74) is 1.37. The standard InChI is InChI=1S/C24H22N2O4S/c1-2-12-30-18-9-7-17(8-10-18)22(27)20-21(19-6-4-13-31-19)26(24(29)23(20)28)15-16-5-3-11-25-14-16/h3-11,13-14,21,27H,2,12,15H2,1H3/t21-/m1/s1. The fraction of sp³-hybridized carbons (Fsp3) is 0.208. The number of amides is 1. The van der Waals surface area contributed by atoms with Crippen LogP contribution in [-0.4, -0.2) is 33.3 Å². The molecule has 0 saturated carbocycles. The number of pyridine rings is 1. The quantitative estimate of drug-likeness (QED) is 0.335. The number of aliphatic hydroxyl groups excluding tert-OH is 1. The molecule has 4 rings (SSSR count). The highest BCUT2D eigenvalue weighted by Gasteiger charge is 2.46. The number of carbonyl (C=O) groups is 2. The molecule has 1 amide bonds. The fourth-order valence-corrected chi connectivity index (χ4v) is 4.40. The van der Waals surface area contributed by atoms with Gasteiger partial charge in [-0.2, -0.15) is 0 Å². The highest BCUT2D eigenvalue weighted by Crippen LogP contribution is 2.41. The number of hydrogen-bond donors (Lipinski definition) is 1. The molecule has 6 nitrogen and oxygen atoms in total. The first kappa shape index (κ1) is 20.8. The van der Waals surface area contributed by atoms with Gasteiger partial charge in [-0.1, -0.05) is 19.1 Å². The largest absolute Gasteiger partial charge is 0.507 e. The maximum atomic E-state index is 13.0. The topological polar surface area (TPSA) is 79.7 Å². The minimum Gasteiger partial charge on any atom is -0.507 e. The van der Waals surface area contributed by atoms with Crippen LogP contribution in [0.15, 0.2) is 71.9 Å². The number of aliphatic hydroxyl groups is 1. The second-order valence-corrected chi connectivity index (χ2v) is 8.16. The van der Waals surface area contributed by atoms with Crippen molar-refractivity contribution < 1.29 is 19.4 Å². The molecular weight excluding hydrogens is 412 g/mol. The van der Waals surface area contributed by atoms with Crippen molar-refractivity contribution in [3.05, 3.63) is 87.9 Å². The SMILES string of the molecule is CCCOc1ccc(C(O)=C2C(=O)C(=O)N(Cc3cccnc3)[C@@H]2c2cccs2)cc1. The van der Waals surface area contributed by atoms with E-state index in [0.29, 0.717) is 17.9 Å². The number of hydrogen-bond acceptors (Lipinski definition) is 6. The number of carbonyl (C=O) groups excluding carboxylic acids is 2.